The van der Waals surface area contributed by atoms with Gasteiger partial charge in [-0.1, -0.05) is 18.2 Å². The van der Waals surface area contributed by atoms with Crippen molar-refractivity contribution in [2.45, 2.75) is 6.92 Å². The molecule has 0 atom stereocenters. The van der Waals surface area contributed by atoms with E-state index in [4.69, 9.17) is 4.74 Å². The fourth-order valence-electron chi connectivity index (χ4n) is 2.41. The Balaban J connectivity index is 1.64. The first kappa shape index (κ1) is 18.7. The van der Waals surface area contributed by atoms with Crippen molar-refractivity contribution >= 4 is 44.9 Å². The van der Waals surface area contributed by atoms with Gasteiger partial charge in [-0.05, 0) is 76.1 Å². The Morgan fingerprint density at radius 2 is 2.04 bits per heavy atom. The van der Waals surface area contributed by atoms with Crippen LogP contribution in [0.3, 0.4) is 0 Å². The van der Waals surface area contributed by atoms with Gasteiger partial charge in [-0.15, -0.1) is 0 Å². The van der Waals surface area contributed by atoms with E-state index in [0.717, 1.165) is 22.2 Å². The van der Waals surface area contributed by atoms with E-state index >= 15 is 0 Å². The van der Waals surface area contributed by atoms with E-state index < -0.39 is 0 Å². The van der Waals surface area contributed by atoms with Crippen molar-refractivity contribution in [2.75, 3.05) is 13.2 Å². The first-order valence-corrected chi connectivity index (χ1v) is 9.45. The van der Waals surface area contributed by atoms with E-state index in [1.807, 2.05) is 31.2 Å². The van der Waals surface area contributed by atoms with Gasteiger partial charge in [-0.2, -0.15) is 0 Å². The number of nitrogens with zero attached hydrogens (tertiary/aromatic N) is 1. The molecule has 1 fully saturated rings. The molecule has 3 rings (SSSR count). The topological polar surface area (TPSA) is 46.6 Å². The van der Waals surface area contributed by atoms with Crippen LogP contribution in [-0.4, -0.2) is 29.2 Å². The number of rotatable bonds is 5. The van der Waals surface area contributed by atoms with Crippen LogP contribution in [0.15, 0.2) is 51.8 Å². The maximum absolute atomic E-state index is 13.3. The second-order valence-electron chi connectivity index (χ2n) is 5.67. The molecule has 2 amide bonds. The van der Waals surface area contributed by atoms with Crippen LogP contribution in [0.2, 0.25) is 0 Å². The third-order valence-electron chi connectivity index (χ3n) is 3.69. The summed E-state index contributed by atoms with van der Waals surface area (Å²) in [4.78, 5) is 26.0. The Morgan fingerprint density at radius 1 is 1.23 bits per heavy atom. The van der Waals surface area contributed by atoms with Gasteiger partial charge in [-0.3, -0.25) is 14.5 Å². The molecular formula is C19H15BrFNO3S. The Kier molecular flexibility index (Phi) is 5.78. The van der Waals surface area contributed by atoms with Crippen LogP contribution in [0.25, 0.3) is 6.08 Å². The molecule has 26 heavy (non-hydrogen) atoms. The van der Waals surface area contributed by atoms with E-state index in [2.05, 4.69) is 15.9 Å². The molecule has 1 aliphatic rings. The van der Waals surface area contributed by atoms with E-state index in [-0.39, 0.29) is 30.1 Å². The zero-order valence-corrected chi connectivity index (χ0v) is 16.3. The summed E-state index contributed by atoms with van der Waals surface area (Å²) in [6.07, 6.45) is 1.58. The number of halogens is 2. The quantitative estimate of drug-likeness (QED) is 0.619. The van der Waals surface area contributed by atoms with Gasteiger partial charge in [0.1, 0.15) is 18.2 Å². The molecule has 0 aromatic heterocycles. The normalized spacial score (nSPS) is 15.8. The number of amides is 2. The Hall–Kier alpha value is -2.12. The SMILES string of the molecule is Cc1cccc(OCCN2C(=O)S/C(=C\c3ccc(F)c(Br)c3)C2=O)c1. The van der Waals surface area contributed by atoms with Crippen LogP contribution in [-0.2, 0) is 4.79 Å². The van der Waals surface area contributed by atoms with Crippen molar-refractivity contribution in [3.05, 3.63) is 68.8 Å². The van der Waals surface area contributed by atoms with Crippen LogP contribution < -0.4 is 4.74 Å². The predicted molar refractivity (Wildman–Crippen MR) is 103 cm³/mol. The first-order valence-electron chi connectivity index (χ1n) is 7.84. The van der Waals surface area contributed by atoms with E-state index in [9.17, 15) is 14.0 Å². The molecule has 0 spiro atoms. The lowest BCUT2D eigenvalue weighted by Gasteiger charge is -2.13. The van der Waals surface area contributed by atoms with Crippen LogP contribution in [0.5, 0.6) is 5.75 Å². The lowest BCUT2D eigenvalue weighted by molar-refractivity contribution is -0.123. The summed E-state index contributed by atoms with van der Waals surface area (Å²) in [5.41, 5.74) is 1.71. The molecule has 0 bridgehead atoms. The third kappa shape index (κ3) is 4.34. The summed E-state index contributed by atoms with van der Waals surface area (Å²) in [6.45, 7) is 2.35. The molecule has 0 N–H and O–H groups in total. The number of imide groups is 1. The first-order chi connectivity index (χ1) is 12.4. The fourth-order valence-corrected chi connectivity index (χ4v) is 3.67. The molecule has 0 aliphatic carbocycles. The number of hydrogen-bond acceptors (Lipinski definition) is 4. The van der Waals surface area contributed by atoms with Crippen molar-refractivity contribution in [1.29, 1.82) is 0 Å². The van der Waals surface area contributed by atoms with Crippen LogP contribution in [0.4, 0.5) is 9.18 Å². The van der Waals surface area contributed by atoms with Gasteiger partial charge in [0.05, 0.1) is 15.9 Å². The lowest BCUT2D eigenvalue weighted by atomic mass is 10.2. The predicted octanol–water partition coefficient (Wildman–Crippen LogP) is 5.01. The minimum absolute atomic E-state index is 0.170. The minimum atomic E-state index is -0.386. The van der Waals surface area contributed by atoms with Gasteiger partial charge in [0.15, 0.2) is 0 Å². The monoisotopic (exact) mass is 435 g/mol. The number of aryl methyl sites for hydroxylation is 1. The molecule has 2 aromatic carbocycles. The number of carbonyl (C=O) groups is 2. The molecule has 0 saturated carbocycles. The fraction of sp³-hybridized carbons (Fsp3) is 0.158. The van der Waals surface area contributed by atoms with E-state index in [0.29, 0.717) is 20.7 Å². The zero-order chi connectivity index (χ0) is 18.7. The smallest absolute Gasteiger partial charge is 0.293 e. The van der Waals surface area contributed by atoms with Gasteiger partial charge in [-0.25, -0.2) is 4.39 Å². The largest absolute Gasteiger partial charge is 0.492 e. The Labute approximate surface area is 163 Å². The molecule has 0 radical (unpaired) electrons. The van der Waals surface area contributed by atoms with Gasteiger partial charge >= 0.3 is 0 Å². The highest BCUT2D eigenvalue weighted by molar-refractivity contribution is 9.10. The van der Waals surface area contributed by atoms with Crippen molar-refractivity contribution in [3.8, 4) is 5.75 Å². The van der Waals surface area contributed by atoms with Gasteiger partial charge in [0.25, 0.3) is 11.1 Å². The standard InChI is InChI=1S/C19H15BrFNO3S/c1-12-3-2-4-14(9-12)25-8-7-22-18(23)17(26-19(22)24)11-13-5-6-16(21)15(20)10-13/h2-6,9-11H,7-8H2,1H3/b17-11-. The number of hydrogen-bond donors (Lipinski definition) is 0. The zero-order valence-electron chi connectivity index (χ0n) is 13.9. The van der Waals surface area contributed by atoms with Crippen LogP contribution in [0.1, 0.15) is 11.1 Å². The average Bonchev–Trinajstić information content (AvgIpc) is 2.86. The van der Waals surface area contributed by atoms with E-state index in [1.54, 1.807) is 18.2 Å². The van der Waals surface area contributed by atoms with E-state index in [1.165, 1.54) is 6.07 Å². The van der Waals surface area contributed by atoms with Crippen molar-refractivity contribution in [3.63, 3.8) is 0 Å². The summed E-state index contributed by atoms with van der Waals surface area (Å²) in [7, 11) is 0. The molecule has 134 valence electrons. The molecule has 7 heteroatoms. The highest BCUT2D eigenvalue weighted by Gasteiger charge is 2.34. The second kappa shape index (κ2) is 8.05. The summed E-state index contributed by atoms with van der Waals surface area (Å²) in [6, 6.07) is 12.0. The molecule has 0 unspecified atom stereocenters. The maximum atomic E-state index is 13.3. The summed E-state index contributed by atoms with van der Waals surface area (Å²) in [5, 5.41) is -0.338. The highest BCUT2D eigenvalue weighted by Crippen LogP contribution is 2.32. The maximum Gasteiger partial charge on any atom is 0.293 e. The number of ether oxygens (including phenoxy) is 1. The van der Waals surface area contributed by atoms with Crippen molar-refractivity contribution in [2.24, 2.45) is 0 Å². The van der Waals surface area contributed by atoms with Crippen LogP contribution >= 0.6 is 27.7 Å². The molecule has 1 aliphatic heterocycles. The molecular weight excluding hydrogens is 421 g/mol. The molecule has 2 aromatic rings. The molecule has 1 saturated heterocycles. The summed E-state index contributed by atoms with van der Waals surface area (Å²) >= 11 is 3.98. The Bertz CT molecular complexity index is 900. The Morgan fingerprint density at radius 3 is 2.77 bits per heavy atom. The number of benzene rings is 2. The van der Waals surface area contributed by atoms with Crippen LogP contribution in [0, 0.1) is 12.7 Å². The lowest BCUT2D eigenvalue weighted by Crippen LogP contribution is -2.32. The number of thioether (sulfide) groups is 1. The van der Waals surface area contributed by atoms with Gasteiger partial charge in [0.2, 0.25) is 0 Å². The van der Waals surface area contributed by atoms with Gasteiger partial charge in [0, 0.05) is 0 Å². The van der Waals surface area contributed by atoms with Crippen molar-refractivity contribution in [1.82, 2.24) is 4.90 Å². The second-order valence-corrected chi connectivity index (χ2v) is 7.52. The highest BCUT2D eigenvalue weighted by atomic mass is 79.9. The minimum Gasteiger partial charge on any atom is -0.492 e. The summed E-state index contributed by atoms with van der Waals surface area (Å²) < 4.78 is 19.2. The molecule has 1 heterocycles. The summed E-state index contributed by atoms with van der Waals surface area (Å²) in [5.74, 6) is -0.0551. The molecule has 4 nitrogen and oxygen atoms in total. The van der Waals surface area contributed by atoms with Crippen molar-refractivity contribution < 1.29 is 18.7 Å². The van der Waals surface area contributed by atoms with Gasteiger partial charge < -0.3 is 4.74 Å². The average molecular weight is 436 g/mol. The third-order valence-corrected chi connectivity index (χ3v) is 5.20. The number of carbonyl (C=O) groups excluding carboxylic acids is 2.